The molecule has 0 unspecified atom stereocenters. The fourth-order valence-corrected chi connectivity index (χ4v) is 1.76. The van der Waals surface area contributed by atoms with Gasteiger partial charge in [-0.25, -0.2) is 4.68 Å². The number of nitrogens with one attached hydrogen (secondary N) is 1. The maximum atomic E-state index is 4.53. The van der Waals surface area contributed by atoms with E-state index < -0.39 is 0 Å². The maximum Gasteiger partial charge on any atom is 0.0766 e. The van der Waals surface area contributed by atoms with Crippen molar-refractivity contribution in [3.05, 3.63) is 47.3 Å². The first-order valence-electron chi connectivity index (χ1n) is 5.48. The summed E-state index contributed by atoms with van der Waals surface area (Å²) >= 11 is 0. The van der Waals surface area contributed by atoms with Gasteiger partial charge in [0.1, 0.15) is 0 Å². The van der Waals surface area contributed by atoms with E-state index in [1.54, 1.807) is 0 Å². The minimum absolute atomic E-state index is 0.803. The van der Waals surface area contributed by atoms with E-state index in [9.17, 15) is 0 Å². The van der Waals surface area contributed by atoms with Gasteiger partial charge in [-0.1, -0.05) is 12.1 Å². The van der Waals surface area contributed by atoms with Crippen molar-refractivity contribution in [3.8, 4) is 5.69 Å². The molecule has 84 valence electrons. The Morgan fingerprint density at radius 2 is 2.06 bits per heavy atom. The number of hydrogen-bond acceptors (Lipinski definition) is 2. The van der Waals surface area contributed by atoms with Crippen LogP contribution in [0.15, 0.2) is 30.5 Å². The smallest absolute Gasteiger partial charge is 0.0766 e. The second-order valence-electron chi connectivity index (χ2n) is 4.00. The molecule has 1 N–H and O–H groups in total. The molecule has 0 saturated heterocycles. The molecule has 1 aromatic carbocycles. The Balaban J connectivity index is 2.39. The van der Waals surface area contributed by atoms with E-state index in [0.717, 1.165) is 17.9 Å². The van der Waals surface area contributed by atoms with Gasteiger partial charge in [0, 0.05) is 12.7 Å². The minimum Gasteiger partial charge on any atom is -0.314 e. The summed E-state index contributed by atoms with van der Waals surface area (Å²) < 4.78 is 1.94. The van der Waals surface area contributed by atoms with E-state index in [0.29, 0.717) is 0 Å². The lowest BCUT2D eigenvalue weighted by Crippen LogP contribution is -2.07. The highest BCUT2D eigenvalue weighted by Gasteiger charge is 2.04. The molecule has 1 heterocycles. The van der Waals surface area contributed by atoms with Gasteiger partial charge in [0.25, 0.3) is 0 Å². The molecule has 0 radical (unpaired) electrons. The summed E-state index contributed by atoms with van der Waals surface area (Å²) in [6.07, 6.45) is 2.01. The summed E-state index contributed by atoms with van der Waals surface area (Å²) in [7, 11) is 1.93. The summed E-state index contributed by atoms with van der Waals surface area (Å²) in [5, 5.41) is 7.63. The number of aromatic nitrogens is 2. The Morgan fingerprint density at radius 3 is 2.81 bits per heavy atom. The molecule has 3 heteroatoms. The maximum absolute atomic E-state index is 4.53. The highest BCUT2D eigenvalue weighted by Crippen LogP contribution is 2.16. The molecule has 1 aromatic heterocycles. The first-order chi connectivity index (χ1) is 7.72. The molecule has 0 atom stereocenters. The van der Waals surface area contributed by atoms with Crippen LogP contribution in [-0.4, -0.2) is 16.8 Å². The van der Waals surface area contributed by atoms with Crippen molar-refractivity contribution < 1.29 is 0 Å². The van der Waals surface area contributed by atoms with E-state index in [4.69, 9.17) is 0 Å². The van der Waals surface area contributed by atoms with Gasteiger partial charge < -0.3 is 5.32 Å². The fraction of sp³-hybridized carbons (Fsp3) is 0.308. The van der Waals surface area contributed by atoms with E-state index in [1.807, 2.05) is 24.0 Å². The molecule has 0 fully saturated rings. The van der Waals surface area contributed by atoms with Crippen molar-refractivity contribution in [1.82, 2.24) is 15.1 Å². The molecule has 0 bridgehead atoms. The second-order valence-corrected chi connectivity index (χ2v) is 4.00. The van der Waals surface area contributed by atoms with Crippen molar-refractivity contribution in [2.45, 2.75) is 20.4 Å². The Bertz CT molecular complexity index is 486. The Kier molecular flexibility index (Phi) is 3.06. The van der Waals surface area contributed by atoms with Crippen LogP contribution in [0.4, 0.5) is 0 Å². The van der Waals surface area contributed by atoms with Crippen molar-refractivity contribution in [3.63, 3.8) is 0 Å². The fourth-order valence-electron chi connectivity index (χ4n) is 1.76. The third-order valence-electron chi connectivity index (χ3n) is 2.83. The zero-order chi connectivity index (χ0) is 11.5. The predicted molar refractivity (Wildman–Crippen MR) is 65.8 cm³/mol. The summed E-state index contributed by atoms with van der Waals surface area (Å²) in [5.74, 6) is 0. The van der Waals surface area contributed by atoms with Gasteiger partial charge in [-0.05, 0) is 44.2 Å². The lowest BCUT2D eigenvalue weighted by molar-refractivity contribution is 0.755. The molecule has 0 saturated carbocycles. The van der Waals surface area contributed by atoms with Gasteiger partial charge in [-0.15, -0.1) is 0 Å². The van der Waals surface area contributed by atoms with Gasteiger partial charge in [0.15, 0.2) is 0 Å². The topological polar surface area (TPSA) is 29.9 Å². The van der Waals surface area contributed by atoms with Gasteiger partial charge in [0.2, 0.25) is 0 Å². The quantitative estimate of drug-likeness (QED) is 0.850. The van der Waals surface area contributed by atoms with Crippen molar-refractivity contribution in [2.75, 3.05) is 7.05 Å². The monoisotopic (exact) mass is 215 g/mol. The van der Waals surface area contributed by atoms with E-state index in [2.05, 4.69) is 42.5 Å². The molecule has 0 aliphatic heterocycles. The first-order valence-corrected chi connectivity index (χ1v) is 5.48. The normalized spacial score (nSPS) is 10.7. The molecule has 0 amide bonds. The van der Waals surface area contributed by atoms with Crippen LogP contribution in [-0.2, 0) is 6.54 Å². The summed E-state index contributed by atoms with van der Waals surface area (Å²) in [6, 6.07) is 8.32. The van der Waals surface area contributed by atoms with Gasteiger partial charge in [-0.3, -0.25) is 0 Å². The van der Waals surface area contributed by atoms with Crippen molar-refractivity contribution in [2.24, 2.45) is 0 Å². The van der Waals surface area contributed by atoms with Crippen molar-refractivity contribution >= 4 is 0 Å². The summed E-state index contributed by atoms with van der Waals surface area (Å²) in [6.45, 7) is 5.05. The van der Waals surface area contributed by atoms with Crippen LogP contribution in [0, 0.1) is 13.8 Å². The SMILES string of the molecule is CNCc1ccn(-c2cccc(C)c2C)n1. The average molecular weight is 215 g/mol. The molecule has 0 aliphatic carbocycles. The predicted octanol–water partition coefficient (Wildman–Crippen LogP) is 2.21. The zero-order valence-electron chi connectivity index (χ0n) is 9.99. The molecular weight excluding hydrogens is 198 g/mol. The third-order valence-corrected chi connectivity index (χ3v) is 2.83. The number of rotatable bonds is 3. The molecule has 0 aliphatic rings. The largest absolute Gasteiger partial charge is 0.314 e. The molecule has 3 nitrogen and oxygen atoms in total. The van der Waals surface area contributed by atoms with Crippen LogP contribution >= 0.6 is 0 Å². The van der Waals surface area contributed by atoms with Crippen LogP contribution in [0.1, 0.15) is 16.8 Å². The Hall–Kier alpha value is -1.61. The Morgan fingerprint density at radius 1 is 1.25 bits per heavy atom. The van der Waals surface area contributed by atoms with E-state index >= 15 is 0 Å². The zero-order valence-corrected chi connectivity index (χ0v) is 9.99. The minimum atomic E-state index is 0.803. The number of aryl methyl sites for hydroxylation is 1. The average Bonchev–Trinajstić information content (AvgIpc) is 2.71. The van der Waals surface area contributed by atoms with Crippen LogP contribution in [0.25, 0.3) is 5.69 Å². The highest BCUT2D eigenvalue weighted by molar-refractivity contribution is 5.44. The second kappa shape index (κ2) is 4.49. The van der Waals surface area contributed by atoms with Gasteiger partial charge >= 0.3 is 0 Å². The lowest BCUT2D eigenvalue weighted by Gasteiger charge is -2.08. The standard InChI is InChI=1S/C13H17N3/c1-10-5-4-6-13(11(10)2)16-8-7-12(15-16)9-14-3/h4-8,14H,9H2,1-3H3. The van der Waals surface area contributed by atoms with Gasteiger partial charge in [-0.2, -0.15) is 5.10 Å². The van der Waals surface area contributed by atoms with E-state index in [1.165, 1.54) is 11.1 Å². The van der Waals surface area contributed by atoms with Crippen molar-refractivity contribution in [1.29, 1.82) is 0 Å². The number of nitrogens with zero attached hydrogens (tertiary/aromatic N) is 2. The van der Waals surface area contributed by atoms with Crippen LogP contribution in [0.5, 0.6) is 0 Å². The highest BCUT2D eigenvalue weighted by atomic mass is 15.3. The summed E-state index contributed by atoms with van der Waals surface area (Å²) in [4.78, 5) is 0. The lowest BCUT2D eigenvalue weighted by atomic mass is 10.1. The van der Waals surface area contributed by atoms with E-state index in [-0.39, 0.29) is 0 Å². The summed E-state index contributed by atoms with van der Waals surface area (Å²) in [5.41, 5.74) is 4.79. The van der Waals surface area contributed by atoms with Crippen LogP contribution < -0.4 is 5.32 Å². The molecule has 0 spiro atoms. The molecule has 2 aromatic rings. The number of benzene rings is 1. The first kappa shape index (κ1) is 10.9. The molecule has 16 heavy (non-hydrogen) atoms. The Labute approximate surface area is 96.1 Å². The van der Waals surface area contributed by atoms with Gasteiger partial charge in [0.05, 0.1) is 11.4 Å². The third kappa shape index (κ3) is 1.99. The van der Waals surface area contributed by atoms with Crippen LogP contribution in [0.2, 0.25) is 0 Å². The number of hydrogen-bond donors (Lipinski definition) is 1. The molecule has 2 rings (SSSR count). The molecular formula is C13H17N3. The van der Waals surface area contributed by atoms with Crippen LogP contribution in [0.3, 0.4) is 0 Å².